The lowest BCUT2D eigenvalue weighted by molar-refractivity contribution is -0.945. The molecule has 138 valence electrons. The van der Waals surface area contributed by atoms with E-state index in [0.29, 0.717) is 41.7 Å². The quantitative estimate of drug-likeness (QED) is 0.688. The smallest absolute Gasteiger partial charge is 0.339 e. The summed E-state index contributed by atoms with van der Waals surface area (Å²) in [4.78, 5) is 13.4. The zero-order chi connectivity index (χ0) is 18.5. The molecule has 2 aromatic carbocycles. The molecule has 0 fully saturated rings. The molecule has 0 spiro atoms. The van der Waals surface area contributed by atoms with Crippen LogP contribution < -0.4 is 15.3 Å². The Morgan fingerprint density at radius 1 is 1.15 bits per heavy atom. The van der Waals surface area contributed by atoms with Crippen molar-refractivity contribution in [3.05, 3.63) is 73.8 Å². The van der Waals surface area contributed by atoms with Crippen LogP contribution in [0.3, 0.4) is 0 Å². The largest absolute Gasteiger partial charge is 0.443 e. The number of fused-ring (bicyclic) bond motifs is 5. The first kappa shape index (κ1) is 16.8. The van der Waals surface area contributed by atoms with Crippen molar-refractivity contribution in [3.63, 3.8) is 0 Å². The van der Waals surface area contributed by atoms with Gasteiger partial charge in [0.05, 0.1) is 10.6 Å². The van der Waals surface area contributed by atoms with E-state index in [1.807, 2.05) is 12.1 Å². The number of halogens is 2. The fourth-order valence-corrected chi connectivity index (χ4v) is 4.52. The van der Waals surface area contributed by atoms with E-state index in [0.717, 1.165) is 46.2 Å². The Morgan fingerprint density at radius 3 is 2.81 bits per heavy atom. The molecule has 1 atom stereocenters. The van der Waals surface area contributed by atoms with Crippen molar-refractivity contribution in [2.75, 3.05) is 6.73 Å². The molecule has 0 radical (unpaired) electrons. The summed E-state index contributed by atoms with van der Waals surface area (Å²) >= 11 is 6.48. The molecule has 1 aromatic heterocycles. The summed E-state index contributed by atoms with van der Waals surface area (Å²) in [6, 6.07) is 8.59. The van der Waals surface area contributed by atoms with E-state index in [4.69, 9.17) is 20.8 Å². The summed E-state index contributed by atoms with van der Waals surface area (Å²) < 4.78 is 25.6. The minimum absolute atomic E-state index is 0.226. The monoisotopic (exact) mass is 386 g/mol. The predicted molar refractivity (Wildman–Crippen MR) is 99.8 cm³/mol. The Morgan fingerprint density at radius 2 is 1.96 bits per heavy atom. The minimum Gasteiger partial charge on any atom is -0.443 e. The normalized spacial score (nSPS) is 18.2. The van der Waals surface area contributed by atoms with Crippen LogP contribution in [0.15, 0.2) is 39.5 Å². The van der Waals surface area contributed by atoms with Crippen LogP contribution in [0, 0.1) is 5.82 Å². The van der Waals surface area contributed by atoms with Crippen molar-refractivity contribution in [3.8, 4) is 5.75 Å². The molecule has 6 heteroatoms. The molecule has 4 nitrogen and oxygen atoms in total. The SMILES string of the molecule is O=c1oc2c3c(c(Cl)cc2c2c1CCC2)OC[NH+](Cc1ccccc1F)C3. The molecule has 1 N–H and O–H groups in total. The first-order valence-electron chi connectivity index (χ1n) is 9.11. The average molecular weight is 387 g/mol. The van der Waals surface area contributed by atoms with Crippen LogP contribution >= 0.6 is 11.6 Å². The minimum atomic E-state index is -0.263. The van der Waals surface area contributed by atoms with E-state index >= 15 is 0 Å². The molecule has 2 heterocycles. The van der Waals surface area contributed by atoms with Gasteiger partial charge in [-0.3, -0.25) is 4.90 Å². The number of rotatable bonds is 2. The summed E-state index contributed by atoms with van der Waals surface area (Å²) in [6.07, 6.45) is 2.57. The highest BCUT2D eigenvalue weighted by Crippen LogP contribution is 2.39. The van der Waals surface area contributed by atoms with Gasteiger partial charge in [-0.2, -0.15) is 0 Å². The van der Waals surface area contributed by atoms with E-state index in [1.54, 1.807) is 12.1 Å². The Bertz CT molecular complexity index is 1120. The zero-order valence-electron chi connectivity index (χ0n) is 14.6. The molecule has 5 rings (SSSR count). The van der Waals surface area contributed by atoms with Crippen LogP contribution in [-0.4, -0.2) is 6.73 Å². The first-order valence-corrected chi connectivity index (χ1v) is 9.49. The first-order chi connectivity index (χ1) is 13.1. The average Bonchev–Trinajstić information content (AvgIpc) is 3.16. The van der Waals surface area contributed by atoms with Gasteiger partial charge in [-0.25, -0.2) is 9.18 Å². The molecular weight excluding hydrogens is 369 g/mol. The van der Waals surface area contributed by atoms with E-state index in [2.05, 4.69) is 0 Å². The Labute approximate surface area is 160 Å². The molecule has 27 heavy (non-hydrogen) atoms. The summed E-state index contributed by atoms with van der Waals surface area (Å²) in [5.74, 6) is 0.346. The summed E-state index contributed by atoms with van der Waals surface area (Å²) in [5, 5.41) is 1.44. The molecule has 1 unspecified atom stereocenters. The fourth-order valence-electron chi connectivity index (χ4n) is 4.25. The second-order valence-corrected chi connectivity index (χ2v) is 7.63. The topological polar surface area (TPSA) is 43.9 Å². The van der Waals surface area contributed by atoms with Crippen LogP contribution in [0.4, 0.5) is 4.39 Å². The van der Waals surface area contributed by atoms with E-state index in [1.165, 1.54) is 6.07 Å². The molecular formula is C21H18ClFNO3+. The fraction of sp³-hybridized carbons (Fsp3) is 0.286. The van der Waals surface area contributed by atoms with Crippen molar-refractivity contribution in [1.29, 1.82) is 0 Å². The molecule has 0 saturated carbocycles. The van der Waals surface area contributed by atoms with E-state index in [9.17, 15) is 9.18 Å². The van der Waals surface area contributed by atoms with Gasteiger partial charge in [0.2, 0.25) is 6.73 Å². The standard InChI is InChI=1S/C21H17ClFNO3/c22-17-8-15-13-5-3-6-14(13)21(25)27-19(15)16-10-24(11-26-20(16)17)9-12-4-1-2-7-18(12)23/h1-2,4,7-8H,3,5-6,9-11H2/p+1. The van der Waals surface area contributed by atoms with Gasteiger partial charge < -0.3 is 9.15 Å². The second kappa shape index (κ2) is 6.36. The number of quaternary nitrogens is 1. The molecule has 1 aliphatic heterocycles. The lowest BCUT2D eigenvalue weighted by Crippen LogP contribution is -3.11. The van der Waals surface area contributed by atoms with Crippen LogP contribution in [0.1, 0.15) is 28.7 Å². The highest BCUT2D eigenvalue weighted by atomic mass is 35.5. The van der Waals surface area contributed by atoms with Gasteiger partial charge in [-0.05, 0) is 37.0 Å². The molecule has 3 aromatic rings. The Hall–Kier alpha value is -2.37. The zero-order valence-corrected chi connectivity index (χ0v) is 15.4. The number of benzene rings is 2. The maximum Gasteiger partial charge on any atom is 0.339 e. The van der Waals surface area contributed by atoms with Crippen molar-refractivity contribution in [1.82, 2.24) is 0 Å². The van der Waals surface area contributed by atoms with E-state index < -0.39 is 0 Å². The van der Waals surface area contributed by atoms with Crippen molar-refractivity contribution >= 4 is 22.6 Å². The molecule has 0 bridgehead atoms. The number of aryl methyl sites for hydroxylation is 1. The van der Waals surface area contributed by atoms with Crippen LogP contribution in [0.5, 0.6) is 5.75 Å². The van der Waals surface area contributed by atoms with Gasteiger partial charge in [0.1, 0.15) is 18.9 Å². The summed E-state index contributed by atoms with van der Waals surface area (Å²) in [6.45, 7) is 1.42. The number of nitrogens with one attached hydrogen (secondary N) is 1. The van der Waals surface area contributed by atoms with Gasteiger partial charge in [0.25, 0.3) is 0 Å². The maximum absolute atomic E-state index is 14.0. The number of ether oxygens (including phenoxy) is 1. The lowest BCUT2D eigenvalue weighted by atomic mass is 10.0. The second-order valence-electron chi connectivity index (χ2n) is 7.23. The third kappa shape index (κ3) is 2.73. The molecule has 1 aliphatic carbocycles. The van der Waals surface area contributed by atoms with Crippen molar-refractivity contribution in [2.24, 2.45) is 0 Å². The molecule has 2 aliphatic rings. The van der Waals surface area contributed by atoms with Gasteiger partial charge in [0.15, 0.2) is 11.3 Å². The van der Waals surface area contributed by atoms with Gasteiger partial charge in [-0.15, -0.1) is 0 Å². The molecule has 0 saturated heterocycles. The van der Waals surface area contributed by atoms with Crippen LogP contribution in [0.2, 0.25) is 5.02 Å². The lowest BCUT2D eigenvalue weighted by Gasteiger charge is -2.27. The van der Waals surface area contributed by atoms with Gasteiger partial charge >= 0.3 is 5.63 Å². The maximum atomic E-state index is 14.0. The van der Waals surface area contributed by atoms with Gasteiger partial charge in [-0.1, -0.05) is 29.8 Å². The number of hydrogen-bond donors (Lipinski definition) is 1. The van der Waals surface area contributed by atoms with Crippen LogP contribution in [0.25, 0.3) is 11.0 Å². The predicted octanol–water partition coefficient (Wildman–Crippen LogP) is 3.01. The van der Waals surface area contributed by atoms with Crippen LogP contribution in [-0.2, 0) is 25.9 Å². The molecule has 0 amide bonds. The van der Waals surface area contributed by atoms with E-state index in [-0.39, 0.29) is 11.4 Å². The Kier molecular flexibility index (Phi) is 3.95. The highest BCUT2D eigenvalue weighted by molar-refractivity contribution is 6.33. The Balaban J connectivity index is 1.60. The van der Waals surface area contributed by atoms with Crippen molar-refractivity contribution < 1.29 is 18.4 Å². The van der Waals surface area contributed by atoms with Gasteiger partial charge in [0, 0.05) is 16.5 Å². The highest BCUT2D eigenvalue weighted by Gasteiger charge is 2.30. The summed E-state index contributed by atoms with van der Waals surface area (Å²) in [5.41, 5.74) is 3.54. The summed E-state index contributed by atoms with van der Waals surface area (Å²) in [7, 11) is 0. The third-order valence-electron chi connectivity index (χ3n) is 5.51. The number of hydrogen-bond acceptors (Lipinski definition) is 3. The van der Waals surface area contributed by atoms with Crippen molar-refractivity contribution in [2.45, 2.75) is 32.4 Å². The third-order valence-corrected chi connectivity index (χ3v) is 5.79.